The largest absolute Gasteiger partial charge is 0.396 e. The number of pyridine rings is 1. The number of aliphatic hydroxyl groups is 1. The normalized spacial score (nSPS) is 18.2. The SMILES string of the molecule is OCCC1CN(Cc2cccn2-c2ccccn2)CCN1Cc1ccccc1F. The zero-order valence-electron chi connectivity index (χ0n) is 16.5. The van der Waals surface area contributed by atoms with Crippen molar-refractivity contribution in [1.29, 1.82) is 0 Å². The number of hydrogen-bond donors (Lipinski definition) is 1. The molecule has 1 fully saturated rings. The van der Waals surface area contributed by atoms with Crippen molar-refractivity contribution in [3.05, 3.63) is 84.1 Å². The highest BCUT2D eigenvalue weighted by Crippen LogP contribution is 2.20. The van der Waals surface area contributed by atoms with Crippen molar-refractivity contribution >= 4 is 0 Å². The van der Waals surface area contributed by atoms with Crippen LogP contribution in [0.5, 0.6) is 0 Å². The van der Waals surface area contributed by atoms with Crippen LogP contribution in [0.25, 0.3) is 5.82 Å². The van der Waals surface area contributed by atoms with Crippen molar-refractivity contribution in [2.24, 2.45) is 0 Å². The molecule has 0 saturated carbocycles. The topological polar surface area (TPSA) is 44.5 Å². The zero-order chi connectivity index (χ0) is 20.1. The maximum atomic E-state index is 14.1. The molecule has 1 atom stereocenters. The van der Waals surface area contributed by atoms with Gasteiger partial charge in [0, 0.05) is 69.0 Å². The van der Waals surface area contributed by atoms with Crippen LogP contribution >= 0.6 is 0 Å². The van der Waals surface area contributed by atoms with E-state index in [1.165, 1.54) is 11.8 Å². The van der Waals surface area contributed by atoms with Crippen molar-refractivity contribution in [2.75, 3.05) is 26.2 Å². The second-order valence-corrected chi connectivity index (χ2v) is 7.52. The summed E-state index contributed by atoms with van der Waals surface area (Å²) in [5.41, 5.74) is 1.90. The number of hydrogen-bond acceptors (Lipinski definition) is 4. The molecule has 3 heterocycles. The summed E-state index contributed by atoms with van der Waals surface area (Å²) in [6.07, 6.45) is 4.53. The van der Waals surface area contributed by atoms with E-state index in [2.05, 4.69) is 25.4 Å². The fourth-order valence-electron chi connectivity index (χ4n) is 4.07. The number of benzene rings is 1. The van der Waals surface area contributed by atoms with E-state index in [0.717, 1.165) is 32.0 Å². The Balaban J connectivity index is 1.44. The van der Waals surface area contributed by atoms with Crippen LogP contribution in [0.4, 0.5) is 4.39 Å². The van der Waals surface area contributed by atoms with Gasteiger partial charge in [-0.05, 0) is 36.8 Å². The Morgan fingerprint density at radius 2 is 1.86 bits per heavy atom. The van der Waals surface area contributed by atoms with E-state index in [-0.39, 0.29) is 18.5 Å². The molecule has 1 saturated heterocycles. The quantitative estimate of drug-likeness (QED) is 0.669. The zero-order valence-corrected chi connectivity index (χ0v) is 16.5. The average Bonchev–Trinajstić information content (AvgIpc) is 3.20. The molecular weight excluding hydrogens is 367 g/mol. The molecule has 152 valence electrons. The van der Waals surface area contributed by atoms with Gasteiger partial charge in [0.2, 0.25) is 0 Å². The lowest BCUT2D eigenvalue weighted by molar-refractivity contribution is 0.0485. The van der Waals surface area contributed by atoms with Gasteiger partial charge in [0.05, 0.1) is 0 Å². The Labute approximate surface area is 171 Å². The van der Waals surface area contributed by atoms with Crippen LogP contribution in [0.1, 0.15) is 17.7 Å². The first-order valence-corrected chi connectivity index (χ1v) is 10.1. The van der Waals surface area contributed by atoms with Gasteiger partial charge in [0.1, 0.15) is 11.6 Å². The first kappa shape index (κ1) is 19.8. The van der Waals surface area contributed by atoms with Crippen molar-refractivity contribution in [1.82, 2.24) is 19.4 Å². The molecule has 0 amide bonds. The summed E-state index contributed by atoms with van der Waals surface area (Å²) in [6.45, 7) is 4.14. The maximum absolute atomic E-state index is 14.1. The molecule has 3 aromatic rings. The minimum atomic E-state index is -0.161. The molecule has 1 unspecified atom stereocenters. The van der Waals surface area contributed by atoms with Gasteiger partial charge in [-0.25, -0.2) is 9.37 Å². The predicted molar refractivity (Wildman–Crippen MR) is 111 cm³/mol. The summed E-state index contributed by atoms with van der Waals surface area (Å²) in [4.78, 5) is 9.16. The number of piperazine rings is 1. The number of rotatable bonds is 7. The second kappa shape index (κ2) is 9.31. The lowest BCUT2D eigenvalue weighted by Gasteiger charge is -2.41. The van der Waals surface area contributed by atoms with E-state index in [9.17, 15) is 9.50 Å². The monoisotopic (exact) mass is 394 g/mol. The van der Waals surface area contributed by atoms with Gasteiger partial charge in [-0.1, -0.05) is 24.3 Å². The standard InChI is InChI=1S/C23H27FN4O/c24-22-8-2-1-6-19(22)16-27-14-13-26(17-20(27)10-15-29)18-21-7-5-12-28(21)23-9-3-4-11-25-23/h1-9,11-12,20,29H,10,13-18H2. The molecule has 0 radical (unpaired) electrons. The van der Waals surface area contributed by atoms with E-state index >= 15 is 0 Å². The lowest BCUT2D eigenvalue weighted by Crippen LogP contribution is -2.52. The van der Waals surface area contributed by atoms with Gasteiger partial charge in [0.25, 0.3) is 0 Å². The third-order valence-corrected chi connectivity index (χ3v) is 5.60. The van der Waals surface area contributed by atoms with Gasteiger partial charge in [-0.15, -0.1) is 0 Å². The van der Waals surface area contributed by atoms with E-state index in [0.29, 0.717) is 18.5 Å². The molecule has 1 aliphatic heterocycles. The number of nitrogens with zero attached hydrogens (tertiary/aromatic N) is 4. The molecule has 1 N–H and O–H groups in total. The average molecular weight is 394 g/mol. The van der Waals surface area contributed by atoms with Gasteiger partial charge in [-0.2, -0.15) is 0 Å². The van der Waals surface area contributed by atoms with Gasteiger partial charge >= 0.3 is 0 Å². The van der Waals surface area contributed by atoms with Crippen LogP contribution in [-0.4, -0.2) is 56.7 Å². The highest BCUT2D eigenvalue weighted by molar-refractivity contribution is 5.27. The second-order valence-electron chi connectivity index (χ2n) is 7.52. The Kier molecular flexibility index (Phi) is 6.34. The van der Waals surface area contributed by atoms with Crippen LogP contribution in [-0.2, 0) is 13.1 Å². The molecule has 2 aromatic heterocycles. The summed E-state index contributed by atoms with van der Waals surface area (Å²) >= 11 is 0. The lowest BCUT2D eigenvalue weighted by atomic mass is 10.1. The highest BCUT2D eigenvalue weighted by Gasteiger charge is 2.27. The van der Waals surface area contributed by atoms with Crippen LogP contribution in [0.15, 0.2) is 67.0 Å². The summed E-state index contributed by atoms with van der Waals surface area (Å²) in [5.74, 6) is 0.753. The summed E-state index contributed by atoms with van der Waals surface area (Å²) in [5, 5.41) is 9.56. The van der Waals surface area contributed by atoms with Crippen LogP contribution < -0.4 is 0 Å². The summed E-state index contributed by atoms with van der Waals surface area (Å²) in [7, 11) is 0. The predicted octanol–water partition coefficient (Wildman–Crippen LogP) is 3.08. The van der Waals surface area contributed by atoms with Crippen molar-refractivity contribution in [3.63, 3.8) is 0 Å². The molecule has 1 aromatic carbocycles. The van der Waals surface area contributed by atoms with Crippen LogP contribution in [0.3, 0.4) is 0 Å². The molecule has 6 heteroatoms. The fourth-order valence-corrected chi connectivity index (χ4v) is 4.07. The number of aromatic nitrogens is 2. The Bertz CT molecular complexity index is 914. The highest BCUT2D eigenvalue weighted by atomic mass is 19.1. The van der Waals surface area contributed by atoms with Crippen molar-refractivity contribution in [2.45, 2.75) is 25.6 Å². The molecule has 4 rings (SSSR count). The van der Waals surface area contributed by atoms with Crippen LogP contribution in [0.2, 0.25) is 0 Å². The van der Waals surface area contributed by atoms with Crippen molar-refractivity contribution in [3.8, 4) is 5.82 Å². The minimum Gasteiger partial charge on any atom is -0.396 e. The molecule has 29 heavy (non-hydrogen) atoms. The molecule has 0 spiro atoms. The first-order chi connectivity index (χ1) is 14.2. The molecule has 0 aliphatic carbocycles. The Morgan fingerprint density at radius 3 is 2.66 bits per heavy atom. The summed E-state index contributed by atoms with van der Waals surface area (Å²) in [6, 6.07) is 17.2. The maximum Gasteiger partial charge on any atom is 0.136 e. The Hall–Kier alpha value is -2.54. The molecule has 0 bridgehead atoms. The van der Waals surface area contributed by atoms with Gasteiger partial charge in [-0.3, -0.25) is 9.80 Å². The van der Waals surface area contributed by atoms with Gasteiger partial charge in [0.15, 0.2) is 0 Å². The molecular formula is C23H27FN4O. The van der Waals surface area contributed by atoms with E-state index in [4.69, 9.17) is 0 Å². The first-order valence-electron chi connectivity index (χ1n) is 10.1. The van der Waals surface area contributed by atoms with E-state index in [1.54, 1.807) is 12.3 Å². The van der Waals surface area contributed by atoms with Crippen LogP contribution in [0, 0.1) is 5.82 Å². The number of halogens is 1. The third-order valence-electron chi connectivity index (χ3n) is 5.60. The smallest absolute Gasteiger partial charge is 0.136 e. The number of aliphatic hydroxyl groups excluding tert-OH is 1. The minimum absolute atomic E-state index is 0.136. The third kappa shape index (κ3) is 4.72. The van der Waals surface area contributed by atoms with Gasteiger partial charge < -0.3 is 9.67 Å². The van der Waals surface area contributed by atoms with Crippen molar-refractivity contribution < 1.29 is 9.50 Å². The summed E-state index contributed by atoms with van der Waals surface area (Å²) < 4.78 is 16.2. The fraction of sp³-hybridized carbons (Fsp3) is 0.348. The molecule has 5 nitrogen and oxygen atoms in total. The molecule has 1 aliphatic rings. The van der Waals surface area contributed by atoms with E-state index in [1.807, 2.05) is 42.6 Å². The Morgan fingerprint density at radius 1 is 1.00 bits per heavy atom. The van der Waals surface area contributed by atoms with E-state index < -0.39 is 0 Å².